The summed E-state index contributed by atoms with van der Waals surface area (Å²) in [5.74, 6) is 0.546. The molecule has 0 bridgehead atoms. The number of fused-ring (bicyclic) bond motifs is 1. The van der Waals surface area contributed by atoms with Gasteiger partial charge < -0.3 is 24.4 Å². The van der Waals surface area contributed by atoms with Gasteiger partial charge >= 0.3 is 0 Å². The molecule has 2 aromatic carbocycles. The van der Waals surface area contributed by atoms with Gasteiger partial charge in [0.2, 0.25) is 28.6 Å². The molecule has 11 heteroatoms. The third-order valence-electron chi connectivity index (χ3n) is 6.13. The zero-order valence-electron chi connectivity index (χ0n) is 21.7. The lowest BCUT2D eigenvalue weighted by Gasteiger charge is -2.32. The highest BCUT2D eigenvalue weighted by atomic mass is 32.2. The fourth-order valence-corrected chi connectivity index (χ4v) is 4.86. The third-order valence-corrected chi connectivity index (χ3v) is 7.87. The second-order valence-corrected chi connectivity index (χ2v) is 10.8. The molecule has 10 nitrogen and oxygen atoms in total. The van der Waals surface area contributed by atoms with Crippen LogP contribution in [0.2, 0.25) is 0 Å². The van der Waals surface area contributed by atoms with Crippen molar-refractivity contribution in [2.75, 3.05) is 37.1 Å². The Labute approximate surface area is 218 Å². The van der Waals surface area contributed by atoms with E-state index in [2.05, 4.69) is 5.32 Å². The minimum absolute atomic E-state index is 0.0402. The summed E-state index contributed by atoms with van der Waals surface area (Å²) in [5, 5.41) is 2.86. The van der Waals surface area contributed by atoms with Crippen molar-refractivity contribution in [3.8, 4) is 17.2 Å². The molecule has 1 aliphatic heterocycles. The minimum Gasteiger partial charge on any atom is -0.497 e. The fourth-order valence-electron chi connectivity index (χ4n) is 3.81. The van der Waals surface area contributed by atoms with Gasteiger partial charge in [-0.25, -0.2) is 8.42 Å². The Hall–Kier alpha value is -3.47. The molecule has 0 saturated carbocycles. The van der Waals surface area contributed by atoms with Gasteiger partial charge in [0, 0.05) is 19.2 Å². The van der Waals surface area contributed by atoms with Crippen molar-refractivity contribution in [3.63, 3.8) is 0 Å². The predicted molar refractivity (Wildman–Crippen MR) is 140 cm³/mol. The molecule has 1 N–H and O–H groups in total. The number of nitrogens with one attached hydrogen (secondary N) is 1. The topological polar surface area (TPSA) is 114 Å². The number of hydrogen-bond donors (Lipinski definition) is 1. The number of rotatable bonds is 13. The van der Waals surface area contributed by atoms with Crippen LogP contribution in [0.4, 0.5) is 5.69 Å². The first-order valence-corrected chi connectivity index (χ1v) is 13.9. The minimum atomic E-state index is -3.83. The standard InChI is InChI=1S/C26H35N3O7S/c1-5-7-14-27-26(31)19(3)28(16-20-8-11-22(34-4)12-9-20)25(30)17-29(37(32,33)6-2)21-10-13-23-24(15-21)36-18-35-23/h8-13,15,19H,5-7,14,16-18H2,1-4H3,(H,27,31)/t19-/m1/s1. The maximum Gasteiger partial charge on any atom is 0.244 e. The van der Waals surface area contributed by atoms with Gasteiger partial charge in [-0.3, -0.25) is 13.9 Å². The number of carbonyl (C=O) groups excluding carboxylic acids is 2. The highest BCUT2D eigenvalue weighted by molar-refractivity contribution is 7.92. The molecule has 0 radical (unpaired) electrons. The molecule has 0 fully saturated rings. The van der Waals surface area contributed by atoms with E-state index in [9.17, 15) is 18.0 Å². The van der Waals surface area contributed by atoms with Crippen LogP contribution in [0.3, 0.4) is 0 Å². The highest BCUT2D eigenvalue weighted by Crippen LogP contribution is 2.36. The van der Waals surface area contributed by atoms with Crippen LogP contribution in [0, 0.1) is 0 Å². The van der Waals surface area contributed by atoms with Crippen molar-refractivity contribution in [2.45, 2.75) is 46.2 Å². The largest absolute Gasteiger partial charge is 0.497 e. The predicted octanol–water partition coefficient (Wildman–Crippen LogP) is 2.91. The van der Waals surface area contributed by atoms with Gasteiger partial charge in [-0.2, -0.15) is 0 Å². The molecular formula is C26H35N3O7S. The van der Waals surface area contributed by atoms with Crippen LogP contribution in [0.1, 0.15) is 39.2 Å². The molecular weight excluding hydrogens is 498 g/mol. The van der Waals surface area contributed by atoms with Crippen LogP contribution < -0.4 is 23.8 Å². The highest BCUT2D eigenvalue weighted by Gasteiger charge is 2.31. The van der Waals surface area contributed by atoms with Gasteiger partial charge in [-0.05, 0) is 50.1 Å². The molecule has 37 heavy (non-hydrogen) atoms. The maximum atomic E-state index is 13.7. The van der Waals surface area contributed by atoms with Gasteiger partial charge in [-0.15, -0.1) is 0 Å². The molecule has 1 aliphatic rings. The number of amides is 2. The van der Waals surface area contributed by atoms with Crippen LogP contribution in [-0.4, -0.2) is 63.9 Å². The van der Waals surface area contributed by atoms with Gasteiger partial charge in [0.05, 0.1) is 18.6 Å². The maximum absolute atomic E-state index is 13.7. The van der Waals surface area contributed by atoms with Gasteiger partial charge in [0.1, 0.15) is 18.3 Å². The number of ether oxygens (including phenoxy) is 3. The van der Waals surface area contributed by atoms with Crippen molar-refractivity contribution in [1.29, 1.82) is 0 Å². The van der Waals surface area contributed by atoms with Crippen molar-refractivity contribution >= 4 is 27.5 Å². The van der Waals surface area contributed by atoms with Crippen LogP contribution in [0.15, 0.2) is 42.5 Å². The van der Waals surface area contributed by atoms with Crippen molar-refractivity contribution in [3.05, 3.63) is 48.0 Å². The lowest BCUT2D eigenvalue weighted by atomic mass is 10.1. The Morgan fingerprint density at radius 3 is 2.43 bits per heavy atom. The van der Waals surface area contributed by atoms with E-state index in [1.807, 2.05) is 6.92 Å². The smallest absolute Gasteiger partial charge is 0.244 e. The first-order chi connectivity index (χ1) is 17.7. The van der Waals surface area contributed by atoms with E-state index in [0.29, 0.717) is 23.8 Å². The third kappa shape index (κ3) is 7.06. The number of hydrogen-bond acceptors (Lipinski definition) is 7. The van der Waals surface area contributed by atoms with Gasteiger partial charge in [-0.1, -0.05) is 25.5 Å². The Morgan fingerprint density at radius 2 is 1.78 bits per heavy atom. The lowest BCUT2D eigenvalue weighted by Crippen LogP contribution is -2.51. The van der Waals surface area contributed by atoms with Crippen molar-refractivity contribution in [1.82, 2.24) is 10.2 Å². The Balaban J connectivity index is 1.90. The van der Waals surface area contributed by atoms with Crippen LogP contribution in [0.25, 0.3) is 0 Å². The number of nitrogens with zero attached hydrogens (tertiary/aromatic N) is 2. The van der Waals surface area contributed by atoms with E-state index in [-0.39, 0.29) is 30.7 Å². The summed E-state index contributed by atoms with van der Waals surface area (Å²) < 4.78 is 43.1. The number of benzene rings is 2. The summed E-state index contributed by atoms with van der Waals surface area (Å²) in [6.07, 6.45) is 1.74. The van der Waals surface area contributed by atoms with E-state index in [0.717, 1.165) is 22.7 Å². The molecule has 202 valence electrons. The second-order valence-electron chi connectivity index (χ2n) is 8.64. The molecule has 2 amide bonds. The van der Waals surface area contributed by atoms with Gasteiger partial charge in [0.15, 0.2) is 11.5 Å². The lowest BCUT2D eigenvalue weighted by molar-refractivity contribution is -0.139. The summed E-state index contributed by atoms with van der Waals surface area (Å²) in [6.45, 7) is 5.36. The SMILES string of the molecule is CCCCNC(=O)[C@@H](C)N(Cc1ccc(OC)cc1)C(=O)CN(c1ccc2c(c1)OCO2)S(=O)(=O)CC. The number of methoxy groups -OCH3 is 1. The normalized spacial score (nSPS) is 13.1. The van der Waals surface area contributed by atoms with E-state index < -0.39 is 28.5 Å². The summed E-state index contributed by atoms with van der Waals surface area (Å²) in [7, 11) is -2.27. The average Bonchev–Trinajstić information content (AvgIpc) is 3.38. The van der Waals surface area contributed by atoms with Crippen LogP contribution in [-0.2, 0) is 26.2 Å². The van der Waals surface area contributed by atoms with Crippen LogP contribution in [0.5, 0.6) is 17.2 Å². The summed E-state index contributed by atoms with van der Waals surface area (Å²) in [4.78, 5) is 28.0. The molecule has 2 aromatic rings. The van der Waals surface area contributed by atoms with E-state index in [1.54, 1.807) is 50.4 Å². The molecule has 1 atom stereocenters. The first-order valence-electron chi connectivity index (χ1n) is 12.3. The van der Waals surface area contributed by atoms with E-state index >= 15 is 0 Å². The molecule has 0 spiro atoms. The zero-order chi connectivity index (χ0) is 27.0. The van der Waals surface area contributed by atoms with E-state index in [1.165, 1.54) is 17.9 Å². The van der Waals surface area contributed by atoms with E-state index in [4.69, 9.17) is 14.2 Å². The average molecular weight is 534 g/mol. The number of anilines is 1. The van der Waals surface area contributed by atoms with Gasteiger partial charge in [0.25, 0.3) is 0 Å². The monoisotopic (exact) mass is 533 g/mol. The molecule has 0 saturated heterocycles. The Morgan fingerprint density at radius 1 is 1.08 bits per heavy atom. The summed E-state index contributed by atoms with van der Waals surface area (Å²) in [6, 6.07) is 11.0. The number of unbranched alkanes of at least 4 members (excludes halogenated alkanes) is 1. The Kier molecular flexibility index (Phi) is 9.62. The Bertz CT molecular complexity index is 1190. The molecule has 1 heterocycles. The molecule has 3 rings (SSSR count). The van der Waals surface area contributed by atoms with Crippen LogP contribution >= 0.6 is 0 Å². The summed E-state index contributed by atoms with van der Waals surface area (Å²) >= 11 is 0. The molecule has 0 unspecified atom stereocenters. The van der Waals surface area contributed by atoms with Crippen molar-refractivity contribution in [2.24, 2.45) is 0 Å². The molecule has 0 aliphatic carbocycles. The first kappa shape index (κ1) is 28.1. The molecule has 0 aromatic heterocycles. The number of sulfonamides is 1. The second kappa shape index (κ2) is 12.7. The van der Waals surface area contributed by atoms with Crippen molar-refractivity contribution < 1.29 is 32.2 Å². The number of carbonyl (C=O) groups is 2. The summed E-state index contributed by atoms with van der Waals surface area (Å²) in [5.41, 5.74) is 1.05. The fraction of sp³-hybridized carbons (Fsp3) is 0.462. The zero-order valence-corrected chi connectivity index (χ0v) is 22.5. The quantitative estimate of drug-likeness (QED) is 0.394.